The van der Waals surface area contributed by atoms with Crippen LogP contribution in [0.5, 0.6) is 0 Å². The molecule has 2 aliphatic rings. The first-order chi connectivity index (χ1) is 8.86. The second kappa shape index (κ2) is 5.74. The largest absolute Gasteiger partial charge is 0.0687 e. The SMILES string of the molecule is Cc1ccccc1P(C1CCCC1)C1CCCC1. The van der Waals surface area contributed by atoms with E-state index in [0.29, 0.717) is 0 Å². The lowest BCUT2D eigenvalue weighted by Gasteiger charge is -2.31. The highest BCUT2D eigenvalue weighted by Crippen LogP contribution is 2.56. The summed E-state index contributed by atoms with van der Waals surface area (Å²) >= 11 is 0. The van der Waals surface area contributed by atoms with Gasteiger partial charge in [0, 0.05) is 0 Å². The maximum atomic E-state index is 2.44. The van der Waals surface area contributed by atoms with Crippen molar-refractivity contribution in [3.8, 4) is 0 Å². The number of aryl methyl sites for hydroxylation is 1. The Bertz CT molecular complexity index is 370. The topological polar surface area (TPSA) is 0 Å². The molecule has 2 aliphatic carbocycles. The number of hydrogen-bond donors (Lipinski definition) is 0. The summed E-state index contributed by atoms with van der Waals surface area (Å²) in [7, 11) is 0.121. The van der Waals surface area contributed by atoms with Crippen molar-refractivity contribution < 1.29 is 0 Å². The van der Waals surface area contributed by atoms with Crippen molar-refractivity contribution in [1.29, 1.82) is 0 Å². The minimum atomic E-state index is 0.121. The van der Waals surface area contributed by atoms with E-state index in [1.54, 1.807) is 10.9 Å². The van der Waals surface area contributed by atoms with Gasteiger partial charge in [0.05, 0.1) is 0 Å². The summed E-state index contributed by atoms with van der Waals surface area (Å²) in [5, 5.41) is 1.74. The zero-order chi connectivity index (χ0) is 12.4. The summed E-state index contributed by atoms with van der Waals surface area (Å²) in [6, 6.07) is 9.24. The van der Waals surface area contributed by atoms with E-state index in [2.05, 4.69) is 31.2 Å². The van der Waals surface area contributed by atoms with Crippen LogP contribution in [0.4, 0.5) is 0 Å². The summed E-state index contributed by atoms with van der Waals surface area (Å²) in [4.78, 5) is 0. The van der Waals surface area contributed by atoms with E-state index in [1.165, 1.54) is 51.4 Å². The van der Waals surface area contributed by atoms with Gasteiger partial charge < -0.3 is 0 Å². The molecule has 0 amide bonds. The van der Waals surface area contributed by atoms with Gasteiger partial charge in [-0.25, -0.2) is 0 Å². The van der Waals surface area contributed by atoms with Crippen LogP contribution >= 0.6 is 7.92 Å². The molecule has 0 aromatic heterocycles. The van der Waals surface area contributed by atoms with Crippen LogP contribution in [0.15, 0.2) is 24.3 Å². The van der Waals surface area contributed by atoms with E-state index in [4.69, 9.17) is 0 Å². The van der Waals surface area contributed by atoms with Crippen molar-refractivity contribution in [3.05, 3.63) is 29.8 Å². The Balaban J connectivity index is 1.90. The molecule has 0 saturated heterocycles. The van der Waals surface area contributed by atoms with Crippen LogP contribution in [0.1, 0.15) is 56.9 Å². The van der Waals surface area contributed by atoms with Gasteiger partial charge in [-0.05, 0) is 54.8 Å². The second-order valence-electron chi connectivity index (χ2n) is 6.07. The molecule has 1 aromatic rings. The van der Waals surface area contributed by atoms with Gasteiger partial charge in [0.1, 0.15) is 0 Å². The summed E-state index contributed by atoms with van der Waals surface area (Å²) in [5.41, 5.74) is 3.65. The molecule has 0 nitrogen and oxygen atoms in total. The molecule has 1 aromatic carbocycles. The van der Waals surface area contributed by atoms with Gasteiger partial charge in [-0.2, -0.15) is 0 Å². The van der Waals surface area contributed by atoms with Gasteiger partial charge in [0.15, 0.2) is 0 Å². The zero-order valence-electron chi connectivity index (χ0n) is 11.6. The monoisotopic (exact) mass is 260 g/mol. The summed E-state index contributed by atoms with van der Waals surface area (Å²) in [6.45, 7) is 2.33. The number of rotatable bonds is 3. The minimum absolute atomic E-state index is 0.121. The van der Waals surface area contributed by atoms with Crippen LogP contribution in [0.25, 0.3) is 0 Å². The van der Waals surface area contributed by atoms with Crippen LogP contribution < -0.4 is 5.30 Å². The Morgan fingerprint density at radius 2 is 1.33 bits per heavy atom. The van der Waals surface area contributed by atoms with E-state index < -0.39 is 0 Å². The molecule has 2 fully saturated rings. The van der Waals surface area contributed by atoms with E-state index in [-0.39, 0.29) is 7.92 Å². The number of hydrogen-bond acceptors (Lipinski definition) is 0. The van der Waals surface area contributed by atoms with Gasteiger partial charge >= 0.3 is 0 Å². The maximum Gasteiger partial charge on any atom is -0.0166 e. The molecule has 0 unspecified atom stereocenters. The van der Waals surface area contributed by atoms with Crippen LogP contribution in [-0.2, 0) is 0 Å². The molecule has 0 atom stereocenters. The van der Waals surface area contributed by atoms with Gasteiger partial charge in [0.25, 0.3) is 0 Å². The molecule has 0 aliphatic heterocycles. The van der Waals surface area contributed by atoms with Crippen molar-refractivity contribution in [2.45, 2.75) is 69.6 Å². The Hall–Kier alpha value is -0.350. The molecule has 2 saturated carbocycles. The molecule has 0 spiro atoms. The fourth-order valence-electron chi connectivity index (χ4n) is 3.91. The van der Waals surface area contributed by atoms with Crippen LogP contribution in [0.2, 0.25) is 0 Å². The molecule has 0 bridgehead atoms. The highest BCUT2D eigenvalue weighted by molar-refractivity contribution is 7.67. The molecule has 3 rings (SSSR count). The lowest BCUT2D eigenvalue weighted by molar-refractivity contribution is 0.835. The third-order valence-corrected chi connectivity index (χ3v) is 8.49. The van der Waals surface area contributed by atoms with Crippen molar-refractivity contribution >= 4 is 13.2 Å². The van der Waals surface area contributed by atoms with Gasteiger partial charge in [-0.15, -0.1) is 0 Å². The predicted molar refractivity (Wildman–Crippen MR) is 82.2 cm³/mol. The first-order valence-electron chi connectivity index (χ1n) is 7.70. The van der Waals surface area contributed by atoms with Crippen LogP contribution in [-0.4, -0.2) is 11.3 Å². The Morgan fingerprint density at radius 1 is 0.833 bits per heavy atom. The summed E-state index contributed by atoms with van der Waals surface area (Å²) in [6.07, 6.45) is 12.0. The van der Waals surface area contributed by atoms with Crippen molar-refractivity contribution in [3.63, 3.8) is 0 Å². The third kappa shape index (κ3) is 2.50. The normalized spacial score (nSPS) is 22.1. The first-order valence-corrected chi connectivity index (χ1v) is 9.18. The first kappa shape index (κ1) is 12.7. The molecule has 0 heterocycles. The fraction of sp³-hybridized carbons (Fsp3) is 0.647. The van der Waals surface area contributed by atoms with Crippen LogP contribution in [0, 0.1) is 6.92 Å². The number of benzene rings is 1. The van der Waals surface area contributed by atoms with E-state index in [1.807, 2.05) is 0 Å². The van der Waals surface area contributed by atoms with Gasteiger partial charge in [-0.3, -0.25) is 0 Å². The molecule has 0 N–H and O–H groups in total. The molecular weight excluding hydrogens is 235 g/mol. The van der Waals surface area contributed by atoms with Gasteiger partial charge in [0.2, 0.25) is 0 Å². The van der Waals surface area contributed by atoms with E-state index in [0.717, 1.165) is 11.3 Å². The minimum Gasteiger partial charge on any atom is -0.0687 e. The Labute approximate surface area is 113 Å². The summed E-state index contributed by atoms with van der Waals surface area (Å²) < 4.78 is 0. The second-order valence-corrected chi connectivity index (χ2v) is 8.83. The van der Waals surface area contributed by atoms with E-state index >= 15 is 0 Å². The van der Waals surface area contributed by atoms with Crippen molar-refractivity contribution in [2.24, 2.45) is 0 Å². The van der Waals surface area contributed by atoms with E-state index in [9.17, 15) is 0 Å². The predicted octanol–water partition coefficient (Wildman–Crippen LogP) is 4.99. The third-order valence-electron chi connectivity index (χ3n) is 4.83. The molecule has 1 heteroatoms. The Kier molecular flexibility index (Phi) is 4.04. The maximum absolute atomic E-state index is 2.44. The smallest absolute Gasteiger partial charge is 0.0166 e. The van der Waals surface area contributed by atoms with Crippen molar-refractivity contribution in [2.75, 3.05) is 0 Å². The fourth-order valence-corrected chi connectivity index (χ4v) is 7.88. The highest BCUT2D eigenvalue weighted by atomic mass is 31.1. The summed E-state index contributed by atoms with van der Waals surface area (Å²) in [5.74, 6) is 0. The average molecular weight is 260 g/mol. The molecule has 0 radical (unpaired) electrons. The van der Waals surface area contributed by atoms with Crippen LogP contribution in [0.3, 0.4) is 0 Å². The molecule has 18 heavy (non-hydrogen) atoms. The quantitative estimate of drug-likeness (QED) is 0.672. The zero-order valence-corrected chi connectivity index (χ0v) is 12.5. The lowest BCUT2D eigenvalue weighted by Crippen LogP contribution is -2.20. The standard InChI is InChI=1S/C17H25P/c1-14-8-2-7-13-17(14)18(15-9-3-4-10-15)16-11-5-6-12-16/h2,7-8,13,15-16H,3-6,9-12H2,1H3. The highest BCUT2D eigenvalue weighted by Gasteiger charge is 2.34. The lowest BCUT2D eigenvalue weighted by atomic mass is 10.2. The Morgan fingerprint density at radius 3 is 1.83 bits per heavy atom. The molecule has 98 valence electrons. The molecular formula is C17H25P. The average Bonchev–Trinajstić information content (AvgIpc) is 3.05. The van der Waals surface area contributed by atoms with Crippen molar-refractivity contribution in [1.82, 2.24) is 0 Å². The van der Waals surface area contributed by atoms with Gasteiger partial charge in [-0.1, -0.05) is 57.9 Å².